The minimum Gasteiger partial charge on any atom is -0.493 e. The number of ether oxygens (including phenoxy) is 2. The number of carboxylic acid groups (broad SMARTS) is 1. The van der Waals surface area contributed by atoms with Gasteiger partial charge < -0.3 is 19.9 Å². The van der Waals surface area contributed by atoms with Crippen LogP contribution in [0.1, 0.15) is 29.6 Å². The molecular weight excluding hydrogens is 246 g/mol. The van der Waals surface area contributed by atoms with E-state index in [4.69, 9.17) is 14.6 Å². The highest BCUT2D eigenvalue weighted by Gasteiger charge is 2.16. The highest BCUT2D eigenvalue weighted by Crippen LogP contribution is 2.30. The standard InChI is InChI=1S/C14H19NO4/c1-18-13-9-10(14(16)17)4-5-12(13)19-11-3-2-7-15-8-6-11/h4-5,9,11,15H,2-3,6-8H2,1H3,(H,16,17). The predicted molar refractivity (Wildman–Crippen MR) is 71.1 cm³/mol. The topological polar surface area (TPSA) is 67.8 Å². The molecule has 1 atom stereocenters. The van der Waals surface area contributed by atoms with Gasteiger partial charge in [0, 0.05) is 0 Å². The Morgan fingerprint density at radius 2 is 2.16 bits per heavy atom. The Morgan fingerprint density at radius 1 is 1.32 bits per heavy atom. The SMILES string of the molecule is COc1cc(C(=O)O)ccc1OC1CCCNCC1. The van der Waals surface area contributed by atoms with Gasteiger partial charge in [-0.2, -0.15) is 0 Å². The van der Waals surface area contributed by atoms with E-state index in [1.54, 1.807) is 6.07 Å². The lowest BCUT2D eigenvalue weighted by molar-refractivity contribution is 0.0696. The van der Waals surface area contributed by atoms with Crippen molar-refractivity contribution in [1.82, 2.24) is 5.32 Å². The van der Waals surface area contributed by atoms with Crippen molar-refractivity contribution in [2.24, 2.45) is 0 Å². The molecule has 0 aromatic heterocycles. The minimum atomic E-state index is -0.969. The Morgan fingerprint density at radius 3 is 2.89 bits per heavy atom. The molecule has 0 saturated carbocycles. The molecule has 1 aliphatic heterocycles. The van der Waals surface area contributed by atoms with Crippen molar-refractivity contribution in [3.8, 4) is 11.5 Å². The van der Waals surface area contributed by atoms with Crippen LogP contribution in [0.2, 0.25) is 0 Å². The van der Waals surface area contributed by atoms with E-state index >= 15 is 0 Å². The third-order valence-corrected chi connectivity index (χ3v) is 3.23. The van der Waals surface area contributed by atoms with Gasteiger partial charge in [0.1, 0.15) is 6.10 Å². The van der Waals surface area contributed by atoms with Gasteiger partial charge in [0.25, 0.3) is 0 Å². The molecule has 5 nitrogen and oxygen atoms in total. The van der Waals surface area contributed by atoms with Crippen molar-refractivity contribution >= 4 is 5.97 Å². The first-order valence-electron chi connectivity index (χ1n) is 6.49. The molecule has 0 amide bonds. The zero-order chi connectivity index (χ0) is 13.7. The van der Waals surface area contributed by atoms with Gasteiger partial charge in [-0.3, -0.25) is 0 Å². The van der Waals surface area contributed by atoms with E-state index in [9.17, 15) is 4.79 Å². The summed E-state index contributed by atoms with van der Waals surface area (Å²) >= 11 is 0. The molecule has 1 aromatic rings. The van der Waals surface area contributed by atoms with Gasteiger partial charge in [0.05, 0.1) is 12.7 Å². The molecule has 2 rings (SSSR count). The highest BCUT2D eigenvalue weighted by molar-refractivity contribution is 5.88. The second kappa shape index (κ2) is 6.43. The molecule has 2 N–H and O–H groups in total. The Hall–Kier alpha value is -1.75. The van der Waals surface area contributed by atoms with E-state index in [0.717, 1.165) is 32.4 Å². The van der Waals surface area contributed by atoms with E-state index in [2.05, 4.69) is 5.32 Å². The summed E-state index contributed by atoms with van der Waals surface area (Å²) < 4.78 is 11.1. The van der Waals surface area contributed by atoms with Crippen LogP contribution < -0.4 is 14.8 Å². The summed E-state index contributed by atoms with van der Waals surface area (Å²) in [5.74, 6) is 0.111. The van der Waals surface area contributed by atoms with Gasteiger partial charge in [-0.05, 0) is 50.6 Å². The zero-order valence-electron chi connectivity index (χ0n) is 11.0. The Balaban J connectivity index is 2.12. The molecule has 1 unspecified atom stereocenters. The molecule has 0 bridgehead atoms. The van der Waals surface area contributed by atoms with Crippen LogP contribution in [-0.2, 0) is 0 Å². The van der Waals surface area contributed by atoms with Gasteiger partial charge >= 0.3 is 5.97 Å². The first kappa shape index (κ1) is 13.7. The molecule has 5 heteroatoms. The van der Waals surface area contributed by atoms with Crippen molar-refractivity contribution in [2.75, 3.05) is 20.2 Å². The number of nitrogens with one attached hydrogen (secondary N) is 1. The average molecular weight is 265 g/mol. The first-order valence-corrected chi connectivity index (χ1v) is 6.49. The lowest BCUT2D eigenvalue weighted by Gasteiger charge is -2.18. The van der Waals surface area contributed by atoms with Gasteiger partial charge in [-0.1, -0.05) is 0 Å². The van der Waals surface area contributed by atoms with Crippen LogP contribution in [0.3, 0.4) is 0 Å². The number of carbonyl (C=O) groups is 1. The summed E-state index contributed by atoms with van der Waals surface area (Å²) in [7, 11) is 1.52. The molecule has 0 spiro atoms. The van der Waals surface area contributed by atoms with Crippen LogP contribution in [0.4, 0.5) is 0 Å². The summed E-state index contributed by atoms with van der Waals surface area (Å²) in [6.45, 7) is 1.97. The van der Waals surface area contributed by atoms with Gasteiger partial charge in [-0.15, -0.1) is 0 Å². The quantitative estimate of drug-likeness (QED) is 0.870. The Kier molecular flexibility index (Phi) is 4.63. The molecule has 104 valence electrons. The molecule has 1 fully saturated rings. The third kappa shape index (κ3) is 3.61. The van der Waals surface area contributed by atoms with Crippen LogP contribution in [0, 0.1) is 0 Å². The summed E-state index contributed by atoms with van der Waals surface area (Å²) in [5, 5.41) is 12.3. The molecule has 1 heterocycles. The summed E-state index contributed by atoms with van der Waals surface area (Å²) in [6, 6.07) is 4.70. The van der Waals surface area contributed by atoms with Crippen molar-refractivity contribution in [2.45, 2.75) is 25.4 Å². The minimum absolute atomic E-state index is 0.152. The normalized spacial score (nSPS) is 19.5. The molecule has 0 aliphatic carbocycles. The smallest absolute Gasteiger partial charge is 0.335 e. The van der Waals surface area contributed by atoms with Crippen LogP contribution in [0.15, 0.2) is 18.2 Å². The van der Waals surface area contributed by atoms with E-state index in [0.29, 0.717) is 11.5 Å². The van der Waals surface area contributed by atoms with Gasteiger partial charge in [0.2, 0.25) is 0 Å². The van der Waals surface area contributed by atoms with Crippen molar-refractivity contribution in [3.05, 3.63) is 23.8 Å². The van der Waals surface area contributed by atoms with Crippen molar-refractivity contribution in [1.29, 1.82) is 0 Å². The Bertz CT molecular complexity index is 439. The number of rotatable bonds is 4. The lowest BCUT2D eigenvalue weighted by atomic mass is 10.1. The maximum Gasteiger partial charge on any atom is 0.335 e. The third-order valence-electron chi connectivity index (χ3n) is 3.23. The number of carboxylic acids is 1. The monoisotopic (exact) mass is 265 g/mol. The van der Waals surface area contributed by atoms with Crippen LogP contribution in [0.5, 0.6) is 11.5 Å². The number of aromatic carboxylic acids is 1. The summed E-state index contributed by atoms with van der Waals surface area (Å²) in [6.07, 6.45) is 3.18. The summed E-state index contributed by atoms with van der Waals surface area (Å²) in [5.41, 5.74) is 0.201. The number of methoxy groups -OCH3 is 1. The second-order valence-electron chi connectivity index (χ2n) is 4.59. The molecular formula is C14H19NO4. The molecule has 1 saturated heterocycles. The van der Waals surface area contributed by atoms with Gasteiger partial charge in [0.15, 0.2) is 11.5 Å². The summed E-state index contributed by atoms with van der Waals surface area (Å²) in [4.78, 5) is 10.9. The van der Waals surface area contributed by atoms with E-state index < -0.39 is 5.97 Å². The van der Waals surface area contributed by atoms with Crippen molar-refractivity contribution in [3.63, 3.8) is 0 Å². The highest BCUT2D eigenvalue weighted by atomic mass is 16.5. The maximum atomic E-state index is 10.9. The van der Waals surface area contributed by atoms with E-state index in [-0.39, 0.29) is 11.7 Å². The largest absolute Gasteiger partial charge is 0.493 e. The fraction of sp³-hybridized carbons (Fsp3) is 0.500. The lowest BCUT2D eigenvalue weighted by Crippen LogP contribution is -2.19. The molecule has 0 radical (unpaired) electrons. The number of hydrogen-bond donors (Lipinski definition) is 2. The fourth-order valence-corrected chi connectivity index (χ4v) is 2.18. The van der Waals surface area contributed by atoms with Crippen molar-refractivity contribution < 1.29 is 19.4 Å². The molecule has 19 heavy (non-hydrogen) atoms. The zero-order valence-corrected chi connectivity index (χ0v) is 11.0. The van der Waals surface area contributed by atoms with Crippen LogP contribution >= 0.6 is 0 Å². The maximum absolute atomic E-state index is 10.9. The first-order chi connectivity index (χ1) is 9.20. The van der Waals surface area contributed by atoms with E-state index in [1.807, 2.05) is 0 Å². The molecule has 1 aromatic carbocycles. The average Bonchev–Trinajstić information content (AvgIpc) is 2.67. The molecule has 1 aliphatic rings. The van der Waals surface area contributed by atoms with Crippen LogP contribution in [-0.4, -0.2) is 37.4 Å². The fourth-order valence-electron chi connectivity index (χ4n) is 2.18. The van der Waals surface area contributed by atoms with Gasteiger partial charge in [-0.25, -0.2) is 4.79 Å². The number of benzene rings is 1. The predicted octanol–water partition coefficient (Wildman–Crippen LogP) is 1.91. The Labute approximate surface area is 112 Å². The second-order valence-corrected chi connectivity index (χ2v) is 4.59. The number of hydrogen-bond acceptors (Lipinski definition) is 4. The van der Waals surface area contributed by atoms with Crippen LogP contribution in [0.25, 0.3) is 0 Å². The van der Waals surface area contributed by atoms with E-state index in [1.165, 1.54) is 19.2 Å².